The van der Waals surface area contributed by atoms with Crippen molar-refractivity contribution in [1.82, 2.24) is 0 Å². The van der Waals surface area contributed by atoms with Gasteiger partial charge in [0.05, 0.1) is 31.3 Å². The first-order chi connectivity index (χ1) is 6.84. The van der Waals surface area contributed by atoms with Crippen LogP contribution in [0.5, 0.6) is 0 Å². The van der Waals surface area contributed by atoms with Crippen LogP contribution in [-0.2, 0) is 9.47 Å². The number of hydrogen-bond donors (Lipinski definition) is 0. The summed E-state index contributed by atoms with van der Waals surface area (Å²) in [6, 6.07) is 0. The lowest BCUT2D eigenvalue weighted by atomic mass is 9.97. The van der Waals surface area contributed by atoms with Crippen LogP contribution in [0.2, 0.25) is 0 Å². The Balaban J connectivity index is 1.99. The van der Waals surface area contributed by atoms with E-state index in [2.05, 4.69) is 0 Å². The molecule has 0 N–H and O–H groups in total. The summed E-state index contributed by atoms with van der Waals surface area (Å²) in [5.74, 6) is 0.543. The average Bonchev–Trinajstić information content (AvgIpc) is 2.20. The first kappa shape index (κ1) is 12.6. The van der Waals surface area contributed by atoms with E-state index in [4.69, 9.17) is 32.7 Å². The molecular weight excluding hydrogens is 223 g/mol. The number of rotatable bonds is 6. The molecule has 2 nitrogen and oxygen atoms in total. The molecule has 0 aliphatic heterocycles. The largest absolute Gasteiger partial charge is 0.378 e. The summed E-state index contributed by atoms with van der Waals surface area (Å²) in [4.78, 5) is 0. The molecule has 1 rings (SSSR count). The van der Waals surface area contributed by atoms with Crippen molar-refractivity contribution in [2.75, 3.05) is 25.7 Å². The second-order valence-corrected chi connectivity index (χ2v) is 4.45. The van der Waals surface area contributed by atoms with Crippen molar-refractivity contribution >= 4 is 23.2 Å². The summed E-state index contributed by atoms with van der Waals surface area (Å²) in [7, 11) is 0. The van der Waals surface area contributed by atoms with Crippen LogP contribution < -0.4 is 0 Å². The molecule has 1 aliphatic carbocycles. The maximum atomic E-state index is 6.14. The molecule has 0 aromatic heterocycles. The third kappa shape index (κ3) is 4.83. The summed E-state index contributed by atoms with van der Waals surface area (Å²) >= 11 is 11.6. The normalized spacial score (nSPS) is 27.9. The van der Waals surface area contributed by atoms with E-state index in [0.29, 0.717) is 25.7 Å². The van der Waals surface area contributed by atoms with E-state index in [1.165, 1.54) is 12.8 Å². The van der Waals surface area contributed by atoms with Gasteiger partial charge in [-0.1, -0.05) is 12.8 Å². The quantitative estimate of drug-likeness (QED) is 0.526. The Morgan fingerprint density at radius 3 is 2.57 bits per heavy atom. The lowest BCUT2D eigenvalue weighted by molar-refractivity contribution is -0.00545. The molecular formula is C10H18Cl2O2. The molecule has 0 aromatic carbocycles. The van der Waals surface area contributed by atoms with Crippen molar-refractivity contribution < 1.29 is 9.47 Å². The van der Waals surface area contributed by atoms with Crippen LogP contribution in [0.4, 0.5) is 0 Å². The molecule has 0 heterocycles. The maximum Gasteiger partial charge on any atom is 0.0739 e. The fraction of sp³-hybridized carbons (Fsp3) is 1.00. The van der Waals surface area contributed by atoms with Crippen LogP contribution in [0.3, 0.4) is 0 Å². The van der Waals surface area contributed by atoms with Crippen molar-refractivity contribution in [1.29, 1.82) is 0 Å². The van der Waals surface area contributed by atoms with Gasteiger partial charge < -0.3 is 9.47 Å². The molecule has 4 heteroatoms. The molecule has 84 valence electrons. The lowest BCUT2D eigenvalue weighted by Crippen LogP contribution is -2.29. The van der Waals surface area contributed by atoms with Crippen LogP contribution in [0, 0.1) is 0 Å². The van der Waals surface area contributed by atoms with Crippen LogP contribution in [0.15, 0.2) is 0 Å². The minimum absolute atomic E-state index is 0.191. The third-order valence-electron chi connectivity index (χ3n) is 2.40. The Bertz CT molecular complexity index is 144. The van der Waals surface area contributed by atoms with E-state index < -0.39 is 0 Å². The van der Waals surface area contributed by atoms with Crippen LogP contribution in [0.25, 0.3) is 0 Å². The first-order valence-electron chi connectivity index (χ1n) is 5.24. The van der Waals surface area contributed by atoms with E-state index >= 15 is 0 Å². The molecule has 14 heavy (non-hydrogen) atoms. The zero-order valence-corrected chi connectivity index (χ0v) is 9.90. The van der Waals surface area contributed by atoms with Crippen molar-refractivity contribution in [3.05, 3.63) is 0 Å². The molecule has 0 radical (unpaired) electrons. The van der Waals surface area contributed by atoms with Crippen LogP contribution in [-0.4, -0.2) is 37.2 Å². The van der Waals surface area contributed by atoms with Gasteiger partial charge in [0.25, 0.3) is 0 Å². The Morgan fingerprint density at radius 2 is 1.86 bits per heavy atom. The average molecular weight is 241 g/mol. The van der Waals surface area contributed by atoms with Gasteiger partial charge in [-0.2, -0.15) is 0 Å². The molecule has 0 aromatic rings. The van der Waals surface area contributed by atoms with Gasteiger partial charge in [0.2, 0.25) is 0 Å². The molecule has 1 fully saturated rings. The number of alkyl halides is 2. The Labute approximate surface area is 95.9 Å². The monoisotopic (exact) mass is 240 g/mol. The Kier molecular flexibility index (Phi) is 6.96. The Morgan fingerprint density at radius 1 is 1.07 bits per heavy atom. The molecule has 1 aliphatic rings. The number of hydrogen-bond acceptors (Lipinski definition) is 2. The molecule has 1 unspecified atom stereocenters. The van der Waals surface area contributed by atoms with Crippen LogP contribution in [0.1, 0.15) is 25.7 Å². The zero-order valence-electron chi connectivity index (χ0n) is 8.38. The van der Waals surface area contributed by atoms with Gasteiger partial charge in [0.15, 0.2) is 0 Å². The second kappa shape index (κ2) is 7.75. The van der Waals surface area contributed by atoms with E-state index in [0.717, 1.165) is 12.8 Å². The van der Waals surface area contributed by atoms with Crippen molar-refractivity contribution in [2.45, 2.75) is 37.2 Å². The summed E-state index contributed by atoms with van der Waals surface area (Å²) < 4.78 is 10.9. The minimum Gasteiger partial charge on any atom is -0.378 e. The van der Waals surface area contributed by atoms with Crippen molar-refractivity contribution in [3.8, 4) is 0 Å². The van der Waals surface area contributed by atoms with Gasteiger partial charge in [0.1, 0.15) is 0 Å². The molecule has 1 saturated carbocycles. The highest BCUT2D eigenvalue weighted by Crippen LogP contribution is 2.25. The van der Waals surface area contributed by atoms with Gasteiger partial charge in [-0.15, -0.1) is 23.2 Å². The third-order valence-corrected chi connectivity index (χ3v) is 3.06. The van der Waals surface area contributed by atoms with E-state index in [-0.39, 0.29) is 11.5 Å². The van der Waals surface area contributed by atoms with Gasteiger partial charge in [-0.25, -0.2) is 0 Å². The fourth-order valence-electron chi connectivity index (χ4n) is 1.65. The molecule has 0 saturated heterocycles. The van der Waals surface area contributed by atoms with E-state index in [9.17, 15) is 0 Å². The summed E-state index contributed by atoms with van der Waals surface area (Å²) in [5.41, 5.74) is 0. The molecule has 0 spiro atoms. The molecule has 2 atom stereocenters. The highest BCUT2D eigenvalue weighted by molar-refractivity contribution is 6.21. The fourth-order valence-corrected chi connectivity index (χ4v) is 2.12. The smallest absolute Gasteiger partial charge is 0.0739 e. The summed E-state index contributed by atoms with van der Waals surface area (Å²) in [6.07, 6.45) is 4.86. The number of ether oxygens (including phenoxy) is 2. The number of halogens is 2. The topological polar surface area (TPSA) is 18.5 Å². The predicted octanol–water partition coefficient (Wildman–Crippen LogP) is 2.81. The van der Waals surface area contributed by atoms with Gasteiger partial charge in [0, 0.05) is 5.88 Å². The standard InChI is InChI=1S/C10H18Cl2O2/c11-5-6-13-7-8-14-10-4-2-1-3-9(10)12/h9-10H,1-8H2/t9-,10?/m0/s1. The molecule has 0 amide bonds. The van der Waals surface area contributed by atoms with Gasteiger partial charge in [-0.05, 0) is 12.8 Å². The van der Waals surface area contributed by atoms with E-state index in [1.54, 1.807) is 0 Å². The summed E-state index contributed by atoms with van der Waals surface area (Å²) in [6.45, 7) is 1.84. The minimum atomic E-state index is 0.191. The van der Waals surface area contributed by atoms with Crippen molar-refractivity contribution in [2.24, 2.45) is 0 Å². The van der Waals surface area contributed by atoms with Gasteiger partial charge in [-0.3, -0.25) is 0 Å². The lowest BCUT2D eigenvalue weighted by Gasteiger charge is -2.26. The van der Waals surface area contributed by atoms with Crippen molar-refractivity contribution in [3.63, 3.8) is 0 Å². The maximum absolute atomic E-state index is 6.14. The predicted molar refractivity (Wildman–Crippen MR) is 59.4 cm³/mol. The second-order valence-electron chi connectivity index (χ2n) is 3.51. The van der Waals surface area contributed by atoms with Crippen LogP contribution >= 0.6 is 23.2 Å². The Hall–Kier alpha value is 0.500. The van der Waals surface area contributed by atoms with Gasteiger partial charge >= 0.3 is 0 Å². The van der Waals surface area contributed by atoms with E-state index in [1.807, 2.05) is 0 Å². The highest BCUT2D eigenvalue weighted by Gasteiger charge is 2.23. The first-order valence-corrected chi connectivity index (χ1v) is 6.21. The summed E-state index contributed by atoms with van der Waals surface area (Å²) in [5, 5.41) is 0.191. The molecule has 0 bridgehead atoms. The SMILES string of the molecule is ClCCOCCOC1CCCC[C@@H]1Cl. The highest BCUT2D eigenvalue weighted by atomic mass is 35.5. The zero-order chi connectivity index (χ0) is 10.2.